The van der Waals surface area contributed by atoms with Crippen molar-refractivity contribution < 1.29 is 35.1 Å². The molecule has 0 spiro atoms. The number of hydrogen-bond acceptors (Lipinski definition) is 7. The highest BCUT2D eigenvalue weighted by Gasteiger charge is 2.41. The van der Waals surface area contributed by atoms with E-state index < -0.39 is 35.6 Å². The SMILES string of the molecule is CC=CC(O)c1c(O)cc(O)c2c1OC(c1ccc(O)cc1)C(O)C2=O. The molecule has 136 valence electrons. The third-order valence-corrected chi connectivity index (χ3v) is 4.22. The molecule has 0 aliphatic carbocycles. The van der Waals surface area contributed by atoms with Crippen molar-refractivity contribution in [2.24, 2.45) is 0 Å². The topological polar surface area (TPSA) is 127 Å². The number of benzene rings is 2. The lowest BCUT2D eigenvalue weighted by Crippen LogP contribution is -2.36. The predicted molar refractivity (Wildman–Crippen MR) is 91.4 cm³/mol. The van der Waals surface area contributed by atoms with Crippen LogP contribution in [-0.4, -0.2) is 37.4 Å². The van der Waals surface area contributed by atoms with E-state index in [1.165, 1.54) is 30.3 Å². The van der Waals surface area contributed by atoms with Crippen molar-refractivity contribution in [2.45, 2.75) is 25.2 Å². The van der Waals surface area contributed by atoms with Crippen LogP contribution in [0.15, 0.2) is 42.5 Å². The summed E-state index contributed by atoms with van der Waals surface area (Å²) < 4.78 is 5.73. The van der Waals surface area contributed by atoms with E-state index in [0.717, 1.165) is 6.07 Å². The van der Waals surface area contributed by atoms with E-state index in [0.29, 0.717) is 5.56 Å². The number of allylic oxidation sites excluding steroid dienone is 1. The zero-order valence-electron chi connectivity index (χ0n) is 13.8. The van der Waals surface area contributed by atoms with Gasteiger partial charge in [0.2, 0.25) is 5.78 Å². The first-order valence-electron chi connectivity index (χ1n) is 7.92. The number of aromatic hydroxyl groups is 3. The highest BCUT2D eigenvalue weighted by molar-refractivity contribution is 6.06. The number of hydrogen-bond donors (Lipinski definition) is 5. The van der Waals surface area contributed by atoms with Gasteiger partial charge in [-0.3, -0.25) is 4.79 Å². The Morgan fingerprint density at radius 2 is 1.77 bits per heavy atom. The monoisotopic (exact) mass is 358 g/mol. The Kier molecular flexibility index (Phi) is 4.58. The number of carbonyl (C=O) groups is 1. The minimum atomic E-state index is -1.60. The molecule has 3 atom stereocenters. The van der Waals surface area contributed by atoms with Gasteiger partial charge in [-0.1, -0.05) is 24.3 Å². The Balaban J connectivity index is 2.17. The van der Waals surface area contributed by atoms with Gasteiger partial charge in [0.25, 0.3) is 0 Å². The molecule has 1 heterocycles. The lowest BCUT2D eigenvalue weighted by atomic mass is 9.90. The van der Waals surface area contributed by atoms with Crippen LogP contribution in [0.5, 0.6) is 23.0 Å². The quantitative estimate of drug-likeness (QED) is 0.532. The molecule has 2 aromatic carbocycles. The molecule has 5 N–H and O–H groups in total. The van der Waals surface area contributed by atoms with Crippen molar-refractivity contribution in [3.63, 3.8) is 0 Å². The largest absolute Gasteiger partial charge is 0.508 e. The van der Waals surface area contributed by atoms with Gasteiger partial charge in [-0.05, 0) is 24.6 Å². The molecule has 0 amide bonds. The molecule has 7 heteroatoms. The summed E-state index contributed by atoms with van der Waals surface area (Å²) >= 11 is 0. The van der Waals surface area contributed by atoms with Gasteiger partial charge in [-0.15, -0.1) is 0 Å². The molecule has 3 rings (SSSR count). The number of phenols is 3. The summed E-state index contributed by atoms with van der Waals surface area (Å²) in [5.41, 5.74) is 0.0208. The molecule has 0 saturated carbocycles. The fourth-order valence-corrected chi connectivity index (χ4v) is 2.96. The average molecular weight is 358 g/mol. The van der Waals surface area contributed by atoms with Crippen LogP contribution in [0, 0.1) is 0 Å². The number of fused-ring (bicyclic) bond motifs is 1. The third-order valence-electron chi connectivity index (χ3n) is 4.22. The number of aliphatic hydroxyl groups is 2. The summed E-state index contributed by atoms with van der Waals surface area (Å²) in [7, 11) is 0. The van der Waals surface area contributed by atoms with E-state index in [-0.39, 0.29) is 22.6 Å². The summed E-state index contributed by atoms with van der Waals surface area (Å²) in [6, 6.07) is 6.63. The highest BCUT2D eigenvalue weighted by Crippen LogP contribution is 2.47. The van der Waals surface area contributed by atoms with Crippen LogP contribution in [-0.2, 0) is 0 Å². The van der Waals surface area contributed by atoms with Gasteiger partial charge in [0.05, 0.1) is 5.56 Å². The molecule has 0 fully saturated rings. The first kappa shape index (κ1) is 17.8. The fourth-order valence-electron chi connectivity index (χ4n) is 2.96. The van der Waals surface area contributed by atoms with Gasteiger partial charge in [0, 0.05) is 6.07 Å². The average Bonchev–Trinajstić information content (AvgIpc) is 2.58. The van der Waals surface area contributed by atoms with Crippen molar-refractivity contribution in [3.05, 3.63) is 59.2 Å². The second-order valence-corrected chi connectivity index (χ2v) is 5.94. The fraction of sp³-hybridized carbons (Fsp3) is 0.211. The number of ketones is 1. The van der Waals surface area contributed by atoms with E-state index >= 15 is 0 Å². The normalized spacial score (nSPS) is 20.7. The molecule has 3 unspecified atom stereocenters. The maximum absolute atomic E-state index is 12.6. The molecule has 0 bridgehead atoms. The lowest BCUT2D eigenvalue weighted by molar-refractivity contribution is 0.0197. The zero-order valence-corrected chi connectivity index (χ0v) is 13.8. The van der Waals surface area contributed by atoms with Crippen LogP contribution < -0.4 is 4.74 Å². The molecular weight excluding hydrogens is 340 g/mol. The highest BCUT2D eigenvalue weighted by atomic mass is 16.5. The number of carbonyl (C=O) groups excluding carboxylic acids is 1. The lowest BCUT2D eigenvalue weighted by Gasteiger charge is -2.32. The van der Waals surface area contributed by atoms with Crippen LogP contribution in [0.3, 0.4) is 0 Å². The Bertz CT molecular complexity index is 870. The Morgan fingerprint density at radius 1 is 1.12 bits per heavy atom. The molecule has 0 radical (unpaired) electrons. The summed E-state index contributed by atoms with van der Waals surface area (Å²) in [5.74, 6) is -1.98. The minimum Gasteiger partial charge on any atom is -0.508 e. The molecular formula is C19H18O7. The van der Waals surface area contributed by atoms with Crippen molar-refractivity contribution in [1.82, 2.24) is 0 Å². The van der Waals surface area contributed by atoms with Crippen LogP contribution >= 0.6 is 0 Å². The number of rotatable bonds is 3. The van der Waals surface area contributed by atoms with Gasteiger partial charge < -0.3 is 30.3 Å². The standard InChI is InChI=1S/C19H18O7/c1-2-3-11(21)14-12(22)8-13(23)15-16(24)17(25)18(26-19(14)15)9-4-6-10(20)7-5-9/h2-8,11,17-18,20-23,25H,1H3. The van der Waals surface area contributed by atoms with Crippen LogP contribution in [0.1, 0.15) is 40.6 Å². The number of aliphatic hydroxyl groups excluding tert-OH is 2. The Morgan fingerprint density at radius 3 is 2.38 bits per heavy atom. The van der Waals surface area contributed by atoms with E-state index in [9.17, 15) is 30.3 Å². The maximum Gasteiger partial charge on any atom is 0.202 e. The molecule has 0 saturated heterocycles. The summed E-state index contributed by atoms with van der Waals surface area (Å²) in [6.07, 6.45) is -1.08. The molecule has 7 nitrogen and oxygen atoms in total. The summed E-state index contributed by atoms with van der Waals surface area (Å²) in [5, 5.41) is 50.2. The van der Waals surface area contributed by atoms with E-state index in [2.05, 4.69) is 0 Å². The van der Waals surface area contributed by atoms with Gasteiger partial charge >= 0.3 is 0 Å². The van der Waals surface area contributed by atoms with E-state index in [4.69, 9.17) is 4.74 Å². The second-order valence-electron chi connectivity index (χ2n) is 5.94. The second kappa shape index (κ2) is 6.70. The predicted octanol–water partition coefficient (Wildman–Crippen LogP) is 2.09. The molecule has 1 aliphatic heterocycles. The smallest absolute Gasteiger partial charge is 0.202 e. The van der Waals surface area contributed by atoms with Crippen molar-refractivity contribution in [2.75, 3.05) is 0 Å². The molecule has 26 heavy (non-hydrogen) atoms. The van der Waals surface area contributed by atoms with Crippen LogP contribution in [0.25, 0.3) is 0 Å². The van der Waals surface area contributed by atoms with E-state index in [1.54, 1.807) is 13.0 Å². The van der Waals surface area contributed by atoms with Crippen molar-refractivity contribution in [3.8, 4) is 23.0 Å². The zero-order chi connectivity index (χ0) is 19.0. The summed E-state index contributed by atoms with van der Waals surface area (Å²) in [6.45, 7) is 1.67. The molecule has 0 aromatic heterocycles. The number of phenolic OH excluding ortho intramolecular Hbond substituents is 3. The van der Waals surface area contributed by atoms with Crippen LogP contribution in [0.2, 0.25) is 0 Å². The number of ether oxygens (including phenoxy) is 1. The van der Waals surface area contributed by atoms with Crippen molar-refractivity contribution >= 4 is 5.78 Å². The van der Waals surface area contributed by atoms with Gasteiger partial charge in [-0.25, -0.2) is 0 Å². The summed E-state index contributed by atoms with van der Waals surface area (Å²) in [4.78, 5) is 12.6. The van der Waals surface area contributed by atoms with Gasteiger partial charge in [-0.2, -0.15) is 0 Å². The third kappa shape index (κ3) is 2.87. The number of Topliss-reactive ketones (excluding diaryl/α,β-unsaturated/α-hetero) is 1. The Labute approximate surface area is 149 Å². The molecule has 1 aliphatic rings. The van der Waals surface area contributed by atoms with Gasteiger partial charge in [0.15, 0.2) is 12.2 Å². The Hall–Kier alpha value is -3.03. The molecule has 2 aromatic rings. The minimum absolute atomic E-state index is 0.00487. The van der Waals surface area contributed by atoms with Gasteiger partial charge in [0.1, 0.15) is 34.7 Å². The first-order valence-corrected chi connectivity index (χ1v) is 7.92. The van der Waals surface area contributed by atoms with Crippen molar-refractivity contribution in [1.29, 1.82) is 0 Å². The van der Waals surface area contributed by atoms with E-state index in [1.807, 2.05) is 0 Å². The first-order chi connectivity index (χ1) is 12.3. The maximum atomic E-state index is 12.6. The van der Waals surface area contributed by atoms with Crippen LogP contribution in [0.4, 0.5) is 0 Å².